The number of thioether (sulfide) groups is 1. The fraction of sp³-hybridized carbons (Fsp3) is 0.455. The van der Waals surface area contributed by atoms with Gasteiger partial charge in [-0.05, 0) is 6.07 Å². The van der Waals surface area contributed by atoms with Gasteiger partial charge in [0.05, 0.1) is 4.90 Å². The fourth-order valence-corrected chi connectivity index (χ4v) is 3.24. The van der Waals surface area contributed by atoms with Crippen LogP contribution in [0.2, 0.25) is 0 Å². The fourth-order valence-electron chi connectivity index (χ4n) is 2.05. The largest absolute Gasteiger partial charge is 0.477 e. The van der Waals surface area contributed by atoms with Gasteiger partial charge in [-0.15, -0.1) is 11.8 Å². The third kappa shape index (κ3) is 1.93. The summed E-state index contributed by atoms with van der Waals surface area (Å²) in [6, 6.07) is 1.63. The lowest BCUT2D eigenvalue weighted by atomic mass is 10.3. The first-order valence-electron chi connectivity index (χ1n) is 5.29. The Hall–Kier alpha value is -1.43. The zero-order valence-corrected chi connectivity index (χ0v) is 10.7. The first kappa shape index (κ1) is 12.0. The van der Waals surface area contributed by atoms with Crippen molar-refractivity contribution in [3.63, 3.8) is 0 Å². The predicted molar refractivity (Wildman–Crippen MR) is 65.7 cm³/mol. The minimum atomic E-state index is -0.973. The van der Waals surface area contributed by atoms with E-state index in [0.29, 0.717) is 12.4 Å². The normalized spacial score (nSPS) is 19.0. The summed E-state index contributed by atoms with van der Waals surface area (Å²) in [7, 11) is 1.68. The van der Waals surface area contributed by atoms with E-state index in [-0.39, 0.29) is 16.9 Å². The molecule has 1 aromatic heterocycles. The molecule has 1 aliphatic heterocycles. The van der Waals surface area contributed by atoms with Crippen LogP contribution in [0, 0.1) is 0 Å². The van der Waals surface area contributed by atoms with Gasteiger partial charge in [-0.3, -0.25) is 9.69 Å². The highest BCUT2D eigenvalue weighted by atomic mass is 32.2. The number of carbonyl (C=O) groups excluding carboxylic acids is 1. The summed E-state index contributed by atoms with van der Waals surface area (Å²) < 4.78 is 1.57. The van der Waals surface area contributed by atoms with E-state index in [0.717, 1.165) is 4.90 Å². The Kier molecular flexibility index (Phi) is 2.91. The predicted octanol–water partition coefficient (Wildman–Crippen LogP) is 1.57. The number of hydrogen-bond donors (Lipinski definition) is 1. The van der Waals surface area contributed by atoms with Crippen LogP contribution in [-0.2, 0) is 11.8 Å². The van der Waals surface area contributed by atoms with Crippen LogP contribution in [0.1, 0.15) is 24.3 Å². The van der Waals surface area contributed by atoms with Gasteiger partial charge >= 0.3 is 5.97 Å². The van der Waals surface area contributed by atoms with E-state index in [2.05, 4.69) is 0 Å². The van der Waals surface area contributed by atoms with E-state index in [1.807, 2.05) is 6.92 Å². The zero-order valence-electron chi connectivity index (χ0n) is 9.93. The molecule has 1 aromatic rings. The second kappa shape index (κ2) is 4.10. The summed E-state index contributed by atoms with van der Waals surface area (Å²) in [5.74, 6) is -0.340. The molecule has 1 aliphatic rings. The number of aromatic nitrogens is 1. The van der Waals surface area contributed by atoms with Crippen LogP contribution >= 0.6 is 11.8 Å². The van der Waals surface area contributed by atoms with Gasteiger partial charge in [-0.1, -0.05) is 6.92 Å². The SMILES string of the molecule is CC(=O)N1CC(C)Sc2cc(C(=O)O)n(C)c21. The molecule has 1 amide bonds. The summed E-state index contributed by atoms with van der Waals surface area (Å²) in [6.45, 7) is 4.14. The third-order valence-electron chi connectivity index (χ3n) is 2.79. The van der Waals surface area contributed by atoms with E-state index in [1.165, 1.54) is 6.92 Å². The van der Waals surface area contributed by atoms with E-state index >= 15 is 0 Å². The minimum absolute atomic E-state index is 0.0588. The zero-order chi connectivity index (χ0) is 12.7. The maximum Gasteiger partial charge on any atom is 0.352 e. The molecule has 17 heavy (non-hydrogen) atoms. The molecule has 6 heteroatoms. The molecule has 0 saturated carbocycles. The standard InChI is InChI=1S/C11H14N2O3S/c1-6-5-13(7(2)14)10-9(17-6)4-8(11(15)16)12(10)3/h4,6H,5H2,1-3H3,(H,15,16). The molecule has 1 atom stereocenters. The number of carboxylic acid groups (broad SMARTS) is 1. The maximum absolute atomic E-state index is 11.6. The number of anilines is 1. The number of carboxylic acids is 1. The molecule has 0 bridgehead atoms. The quantitative estimate of drug-likeness (QED) is 0.826. The monoisotopic (exact) mass is 254 g/mol. The van der Waals surface area contributed by atoms with Gasteiger partial charge in [0, 0.05) is 25.8 Å². The van der Waals surface area contributed by atoms with Crippen molar-refractivity contribution in [1.82, 2.24) is 4.57 Å². The molecular weight excluding hydrogens is 240 g/mol. The second-order valence-electron chi connectivity index (χ2n) is 4.14. The molecule has 0 aliphatic carbocycles. The Morgan fingerprint density at radius 1 is 1.53 bits per heavy atom. The van der Waals surface area contributed by atoms with Gasteiger partial charge < -0.3 is 9.67 Å². The van der Waals surface area contributed by atoms with Crippen LogP contribution in [0.4, 0.5) is 5.82 Å². The van der Waals surface area contributed by atoms with E-state index < -0.39 is 5.97 Å². The van der Waals surface area contributed by atoms with Gasteiger partial charge in [0.15, 0.2) is 0 Å². The average molecular weight is 254 g/mol. The summed E-state index contributed by atoms with van der Waals surface area (Å²) in [4.78, 5) is 25.2. The topological polar surface area (TPSA) is 62.5 Å². The molecule has 92 valence electrons. The van der Waals surface area contributed by atoms with Gasteiger partial charge in [0.25, 0.3) is 0 Å². The lowest BCUT2D eigenvalue weighted by Gasteiger charge is -2.30. The number of fused-ring (bicyclic) bond motifs is 1. The first-order valence-corrected chi connectivity index (χ1v) is 6.17. The van der Waals surface area contributed by atoms with E-state index in [9.17, 15) is 9.59 Å². The summed E-state index contributed by atoms with van der Waals surface area (Å²) in [6.07, 6.45) is 0. The molecule has 0 saturated heterocycles. The third-order valence-corrected chi connectivity index (χ3v) is 3.90. The van der Waals surface area contributed by atoms with E-state index in [4.69, 9.17) is 5.11 Å². The Balaban J connectivity index is 2.57. The van der Waals surface area contributed by atoms with Crippen LogP contribution in [0.3, 0.4) is 0 Å². The van der Waals surface area contributed by atoms with Crippen molar-refractivity contribution in [2.75, 3.05) is 11.4 Å². The highest BCUT2D eigenvalue weighted by Crippen LogP contribution is 2.40. The molecule has 0 fully saturated rings. The van der Waals surface area contributed by atoms with Crippen molar-refractivity contribution in [3.05, 3.63) is 11.8 Å². The Bertz CT molecular complexity index is 495. The molecule has 5 nitrogen and oxygen atoms in total. The number of nitrogens with zero attached hydrogens (tertiary/aromatic N) is 2. The average Bonchev–Trinajstić information content (AvgIpc) is 2.54. The lowest BCUT2D eigenvalue weighted by molar-refractivity contribution is -0.116. The molecule has 0 aromatic carbocycles. The summed E-state index contributed by atoms with van der Waals surface area (Å²) in [5, 5.41) is 9.35. The molecule has 0 radical (unpaired) electrons. The Morgan fingerprint density at radius 3 is 2.71 bits per heavy atom. The number of amides is 1. The highest BCUT2D eigenvalue weighted by Gasteiger charge is 2.30. The summed E-state index contributed by atoms with van der Waals surface area (Å²) in [5.41, 5.74) is 0.211. The van der Waals surface area contributed by atoms with Crippen LogP contribution < -0.4 is 4.90 Å². The Morgan fingerprint density at radius 2 is 2.18 bits per heavy atom. The molecule has 2 heterocycles. The van der Waals surface area contributed by atoms with Gasteiger partial charge in [-0.25, -0.2) is 4.79 Å². The first-order chi connectivity index (χ1) is 7.91. The van der Waals surface area contributed by atoms with Crippen LogP contribution in [-0.4, -0.2) is 33.3 Å². The lowest BCUT2D eigenvalue weighted by Crippen LogP contribution is -2.38. The highest BCUT2D eigenvalue weighted by molar-refractivity contribution is 8.00. The van der Waals surface area contributed by atoms with Crippen molar-refractivity contribution in [2.24, 2.45) is 7.05 Å². The number of aromatic carboxylic acids is 1. The molecule has 2 rings (SSSR count). The maximum atomic E-state index is 11.6. The number of carbonyl (C=O) groups is 2. The van der Waals surface area contributed by atoms with Crippen molar-refractivity contribution in [1.29, 1.82) is 0 Å². The van der Waals surface area contributed by atoms with Gasteiger partial charge in [0.1, 0.15) is 11.5 Å². The number of hydrogen-bond acceptors (Lipinski definition) is 3. The molecule has 1 N–H and O–H groups in total. The van der Waals surface area contributed by atoms with Crippen LogP contribution in [0.15, 0.2) is 11.0 Å². The molecular formula is C11H14N2O3S. The minimum Gasteiger partial charge on any atom is -0.477 e. The van der Waals surface area contributed by atoms with E-state index in [1.54, 1.807) is 34.3 Å². The van der Waals surface area contributed by atoms with Crippen molar-refractivity contribution >= 4 is 29.5 Å². The van der Waals surface area contributed by atoms with Crippen molar-refractivity contribution in [2.45, 2.75) is 24.0 Å². The number of rotatable bonds is 1. The smallest absolute Gasteiger partial charge is 0.352 e. The van der Waals surface area contributed by atoms with Crippen LogP contribution in [0.25, 0.3) is 0 Å². The summed E-state index contributed by atoms with van der Waals surface area (Å²) >= 11 is 1.61. The van der Waals surface area contributed by atoms with Crippen molar-refractivity contribution < 1.29 is 14.7 Å². The van der Waals surface area contributed by atoms with Gasteiger partial charge in [0.2, 0.25) is 5.91 Å². The Labute approximate surface area is 103 Å². The molecule has 1 unspecified atom stereocenters. The van der Waals surface area contributed by atoms with Crippen LogP contribution in [0.5, 0.6) is 0 Å². The van der Waals surface area contributed by atoms with Gasteiger partial charge in [-0.2, -0.15) is 0 Å². The van der Waals surface area contributed by atoms with Crippen molar-refractivity contribution in [3.8, 4) is 0 Å². The second-order valence-corrected chi connectivity index (χ2v) is 5.62. The molecule has 0 spiro atoms.